The molecule has 7 nitrogen and oxygen atoms in total. The van der Waals surface area contributed by atoms with Crippen LogP contribution in [0.3, 0.4) is 0 Å². The van der Waals surface area contributed by atoms with Gasteiger partial charge in [0.1, 0.15) is 0 Å². The predicted molar refractivity (Wildman–Crippen MR) is 82.2 cm³/mol. The van der Waals surface area contributed by atoms with Crippen LogP contribution < -0.4 is 10.3 Å². The van der Waals surface area contributed by atoms with Crippen molar-refractivity contribution in [2.75, 3.05) is 37.5 Å². The second-order valence-electron chi connectivity index (χ2n) is 4.07. The van der Waals surface area contributed by atoms with Crippen molar-refractivity contribution >= 4 is 31.6 Å². The zero-order chi connectivity index (χ0) is 16.2. The highest BCUT2D eigenvalue weighted by Gasteiger charge is 2.03. The van der Waals surface area contributed by atoms with Crippen LogP contribution in [0.25, 0.3) is 0 Å². The molecule has 0 amide bonds. The van der Waals surface area contributed by atoms with Crippen molar-refractivity contribution in [1.29, 1.82) is 0 Å². The largest absolute Gasteiger partial charge is 0.295 e. The lowest BCUT2D eigenvalue weighted by Gasteiger charge is -2.11. The Morgan fingerprint density at radius 1 is 1.10 bits per heavy atom. The Morgan fingerprint density at radius 2 is 1.55 bits per heavy atom. The van der Waals surface area contributed by atoms with E-state index in [0.29, 0.717) is 31.8 Å². The van der Waals surface area contributed by atoms with Gasteiger partial charge in [-0.2, -0.15) is 0 Å². The van der Waals surface area contributed by atoms with Crippen LogP contribution in [0.1, 0.15) is 12.8 Å². The number of hydrogen-bond donors (Lipinski definition) is 2. The summed E-state index contributed by atoms with van der Waals surface area (Å²) in [6.07, 6.45) is 6.01. The van der Waals surface area contributed by atoms with E-state index < -0.39 is 20.0 Å². The van der Waals surface area contributed by atoms with Crippen LogP contribution in [0.5, 0.6) is 0 Å². The summed E-state index contributed by atoms with van der Waals surface area (Å²) in [6.45, 7) is 1.19. The molecule has 0 saturated heterocycles. The van der Waals surface area contributed by atoms with E-state index in [9.17, 15) is 16.8 Å². The van der Waals surface area contributed by atoms with Gasteiger partial charge in [-0.25, -0.2) is 27.1 Å². The van der Waals surface area contributed by atoms with Crippen LogP contribution in [-0.4, -0.2) is 59.3 Å². The fourth-order valence-electron chi connectivity index (χ4n) is 1.03. The molecule has 0 aromatic rings. The fraction of sp³-hybridized carbons (Fsp3) is 0.800. The Bertz CT molecular complexity index is 485. The molecule has 0 atom stereocenters. The van der Waals surface area contributed by atoms with Gasteiger partial charge in [0.15, 0.2) is 0 Å². The van der Waals surface area contributed by atoms with E-state index in [-0.39, 0.29) is 11.5 Å². The molecular formula is C10H22ClN3O4S2. The minimum absolute atomic E-state index is 0.0158. The highest BCUT2D eigenvalue weighted by Crippen LogP contribution is 1.89. The molecule has 0 radical (unpaired) electrons. The summed E-state index contributed by atoms with van der Waals surface area (Å²) in [5.74, 6) is 2.80. The molecule has 0 spiro atoms. The van der Waals surface area contributed by atoms with Gasteiger partial charge in [-0.1, -0.05) is 5.92 Å². The number of hydrogen-bond acceptors (Lipinski definition) is 5. The zero-order valence-electron chi connectivity index (χ0n) is 11.5. The summed E-state index contributed by atoms with van der Waals surface area (Å²) in [6, 6.07) is 0. The number of rotatable bonds is 8. The monoisotopic (exact) mass is 347 g/mol. The smallest absolute Gasteiger partial charge is 0.209 e. The lowest BCUT2D eigenvalue weighted by Crippen LogP contribution is -2.24. The Labute approximate surface area is 126 Å². The number of nitrogens with zero attached hydrogens (tertiary/aromatic N) is 1. The average Bonchev–Trinajstić information content (AvgIpc) is 2.25. The van der Waals surface area contributed by atoms with Gasteiger partial charge in [0.25, 0.3) is 0 Å². The van der Waals surface area contributed by atoms with Crippen LogP contribution >= 0.6 is 11.6 Å². The summed E-state index contributed by atoms with van der Waals surface area (Å²) in [5, 5.41) is 9.44. The van der Waals surface area contributed by atoms with E-state index in [2.05, 4.69) is 11.1 Å². The third-order valence-electron chi connectivity index (χ3n) is 1.89. The quantitative estimate of drug-likeness (QED) is 0.436. The maximum atomic E-state index is 10.5. The van der Waals surface area contributed by atoms with E-state index in [0.717, 1.165) is 0 Å². The summed E-state index contributed by atoms with van der Waals surface area (Å²) >= 11 is 5.19. The van der Waals surface area contributed by atoms with Crippen LogP contribution in [0.2, 0.25) is 0 Å². The number of terminal acetylenes is 1. The van der Waals surface area contributed by atoms with Gasteiger partial charge < -0.3 is 0 Å². The highest BCUT2D eigenvalue weighted by molar-refractivity contribution is 7.89. The first-order valence-corrected chi connectivity index (χ1v) is 9.67. The normalized spacial score (nSPS) is 11.6. The number of primary sulfonamides is 2. The Morgan fingerprint density at radius 3 is 1.85 bits per heavy atom. The van der Waals surface area contributed by atoms with E-state index in [4.69, 9.17) is 23.2 Å². The van der Waals surface area contributed by atoms with Crippen molar-refractivity contribution in [3.8, 4) is 12.3 Å². The molecule has 0 bridgehead atoms. The maximum absolute atomic E-state index is 10.5. The Hall–Kier alpha value is -0.370. The molecule has 0 aromatic carbocycles. The van der Waals surface area contributed by atoms with Crippen molar-refractivity contribution < 1.29 is 16.8 Å². The number of alkyl halides is 1. The van der Waals surface area contributed by atoms with Gasteiger partial charge in [0.05, 0.1) is 18.1 Å². The molecule has 0 unspecified atom stereocenters. The number of nitrogens with two attached hydrogens (primary N) is 2. The molecule has 0 aliphatic heterocycles. The third-order valence-corrected chi connectivity index (χ3v) is 3.88. The fourth-order valence-corrected chi connectivity index (χ4v) is 2.40. The summed E-state index contributed by atoms with van der Waals surface area (Å²) in [4.78, 5) is 1.87. The van der Waals surface area contributed by atoms with Crippen molar-refractivity contribution in [3.05, 3.63) is 0 Å². The SMILES string of the molecule is C#CCN(C)CCCS(N)(=O)=O.NS(=O)(=O)CCCCl. The van der Waals surface area contributed by atoms with E-state index in [1.54, 1.807) is 0 Å². The molecule has 0 aliphatic rings. The lowest BCUT2D eigenvalue weighted by molar-refractivity contribution is 0.376. The van der Waals surface area contributed by atoms with E-state index in [1.807, 2.05) is 11.9 Å². The van der Waals surface area contributed by atoms with E-state index in [1.165, 1.54) is 0 Å². The molecule has 0 aliphatic carbocycles. The topological polar surface area (TPSA) is 124 Å². The van der Waals surface area contributed by atoms with Gasteiger partial charge in [0.2, 0.25) is 20.0 Å². The number of halogens is 1. The van der Waals surface area contributed by atoms with Gasteiger partial charge >= 0.3 is 0 Å². The van der Waals surface area contributed by atoms with Crippen molar-refractivity contribution in [2.24, 2.45) is 10.3 Å². The van der Waals surface area contributed by atoms with Crippen LogP contribution in [0, 0.1) is 12.3 Å². The van der Waals surface area contributed by atoms with E-state index >= 15 is 0 Å². The molecule has 0 aromatic heterocycles. The molecule has 10 heteroatoms. The molecule has 20 heavy (non-hydrogen) atoms. The minimum Gasteiger partial charge on any atom is -0.295 e. The third kappa shape index (κ3) is 22.8. The second kappa shape index (κ2) is 11.3. The Kier molecular flexibility index (Phi) is 12.4. The maximum Gasteiger partial charge on any atom is 0.209 e. The minimum atomic E-state index is -3.31. The molecule has 0 heterocycles. The summed E-state index contributed by atoms with van der Waals surface area (Å²) in [7, 11) is -4.75. The van der Waals surface area contributed by atoms with Crippen molar-refractivity contribution in [1.82, 2.24) is 4.90 Å². The van der Waals surface area contributed by atoms with Gasteiger partial charge in [-0.15, -0.1) is 18.0 Å². The molecule has 120 valence electrons. The first-order valence-electron chi connectivity index (χ1n) is 5.70. The van der Waals surface area contributed by atoms with Crippen LogP contribution in [0.4, 0.5) is 0 Å². The van der Waals surface area contributed by atoms with Crippen molar-refractivity contribution in [3.63, 3.8) is 0 Å². The van der Waals surface area contributed by atoms with Gasteiger partial charge in [-0.3, -0.25) is 4.90 Å². The first kappa shape index (κ1) is 21.9. The zero-order valence-corrected chi connectivity index (χ0v) is 13.8. The standard InChI is InChI=1S/C7H14N2O2S.C3H8ClNO2S/c1-3-5-9(2)6-4-7-12(8,10)11;4-2-1-3-8(5,6)7/h1H,4-7H2,2H3,(H2,8,10,11);1-3H2,(H2,5,6,7). The lowest BCUT2D eigenvalue weighted by atomic mass is 10.4. The van der Waals surface area contributed by atoms with Crippen LogP contribution in [-0.2, 0) is 20.0 Å². The van der Waals surface area contributed by atoms with Crippen LogP contribution in [0.15, 0.2) is 0 Å². The summed E-state index contributed by atoms with van der Waals surface area (Å²) in [5.41, 5.74) is 0. The van der Waals surface area contributed by atoms with Gasteiger partial charge in [0, 0.05) is 5.88 Å². The highest BCUT2D eigenvalue weighted by atomic mass is 35.5. The molecule has 0 rings (SSSR count). The first-order chi connectivity index (χ1) is 9.02. The molecular weight excluding hydrogens is 326 g/mol. The summed E-state index contributed by atoms with van der Waals surface area (Å²) < 4.78 is 41.2. The average molecular weight is 348 g/mol. The molecule has 0 fully saturated rings. The van der Waals surface area contributed by atoms with Gasteiger partial charge in [-0.05, 0) is 26.4 Å². The Balaban J connectivity index is 0. The molecule has 0 saturated carbocycles. The van der Waals surface area contributed by atoms with Crippen molar-refractivity contribution in [2.45, 2.75) is 12.8 Å². The molecule has 4 N–H and O–H groups in total. The second-order valence-corrected chi connectivity index (χ2v) is 7.92. The number of sulfonamides is 2. The predicted octanol–water partition coefficient (Wildman–Crippen LogP) is -0.866.